The highest BCUT2D eigenvalue weighted by Crippen LogP contribution is 2.33. The highest BCUT2D eigenvalue weighted by Gasteiger charge is 2.33. The number of thioether (sulfide) groups is 1. The Balaban J connectivity index is 1.80. The quantitative estimate of drug-likeness (QED) is 0.615. The number of nitrogens with one attached hydrogen (secondary N) is 1. The molecule has 0 bridgehead atoms. The molecule has 25 heavy (non-hydrogen) atoms. The Morgan fingerprint density at radius 1 is 1.40 bits per heavy atom. The van der Waals surface area contributed by atoms with E-state index >= 15 is 0 Å². The van der Waals surface area contributed by atoms with Gasteiger partial charge in [0, 0.05) is 0 Å². The van der Waals surface area contributed by atoms with Crippen LogP contribution in [0.1, 0.15) is 15.2 Å². The van der Waals surface area contributed by atoms with Gasteiger partial charge in [0.2, 0.25) is 0 Å². The van der Waals surface area contributed by atoms with Crippen LogP contribution in [0.3, 0.4) is 0 Å². The van der Waals surface area contributed by atoms with Crippen molar-refractivity contribution in [3.63, 3.8) is 0 Å². The summed E-state index contributed by atoms with van der Waals surface area (Å²) in [6.45, 7) is 0. The van der Waals surface area contributed by atoms with E-state index in [1.54, 1.807) is 35.7 Å². The van der Waals surface area contributed by atoms with Gasteiger partial charge in [0.15, 0.2) is 15.8 Å². The standard InChI is InChI=1S/C16H12N2O4S3/c1-22-11-7-9(4-5-10(11)19)8-13-15(21)18(16(23)25-13)17-14(20)12-3-2-6-24-12/h2-8,19H,1H3,(H,17,20)/b13-8+. The number of carbonyl (C=O) groups excluding carboxylic acids is 2. The number of methoxy groups -OCH3 is 1. The summed E-state index contributed by atoms with van der Waals surface area (Å²) in [7, 11) is 1.44. The first-order valence-corrected chi connectivity index (χ1v) is 9.09. The molecule has 0 atom stereocenters. The number of phenols is 1. The van der Waals surface area contributed by atoms with Crippen molar-refractivity contribution in [2.45, 2.75) is 0 Å². The van der Waals surface area contributed by atoms with Crippen molar-refractivity contribution in [2.24, 2.45) is 0 Å². The number of thiocarbonyl (C=S) groups is 1. The van der Waals surface area contributed by atoms with Gasteiger partial charge in [-0.15, -0.1) is 11.3 Å². The fourth-order valence-corrected chi connectivity index (χ4v) is 3.86. The number of aromatic hydroxyl groups is 1. The lowest BCUT2D eigenvalue weighted by atomic mass is 10.2. The van der Waals surface area contributed by atoms with Gasteiger partial charge in [-0.2, -0.15) is 5.01 Å². The van der Waals surface area contributed by atoms with Crippen molar-refractivity contribution in [2.75, 3.05) is 7.11 Å². The second kappa shape index (κ2) is 7.26. The number of ether oxygens (including phenoxy) is 1. The minimum atomic E-state index is -0.410. The molecule has 1 aliphatic rings. The molecule has 2 amide bonds. The number of benzene rings is 1. The first kappa shape index (κ1) is 17.5. The van der Waals surface area contributed by atoms with E-state index < -0.39 is 5.91 Å². The fourth-order valence-electron chi connectivity index (χ4n) is 2.06. The van der Waals surface area contributed by atoms with Crippen molar-refractivity contribution < 1.29 is 19.4 Å². The SMILES string of the molecule is COc1cc(/C=C2/SC(=S)N(NC(=O)c3cccs3)C2=O)ccc1O. The number of carbonyl (C=O) groups is 2. The van der Waals surface area contributed by atoms with E-state index in [0.717, 1.165) is 16.8 Å². The van der Waals surface area contributed by atoms with Gasteiger partial charge < -0.3 is 9.84 Å². The van der Waals surface area contributed by atoms with Gasteiger partial charge >= 0.3 is 0 Å². The number of hydrogen-bond donors (Lipinski definition) is 2. The third kappa shape index (κ3) is 3.68. The molecule has 1 aliphatic heterocycles. The van der Waals surface area contributed by atoms with Gasteiger partial charge in [-0.05, 0) is 47.4 Å². The molecule has 0 radical (unpaired) electrons. The van der Waals surface area contributed by atoms with E-state index in [0.29, 0.717) is 21.1 Å². The van der Waals surface area contributed by atoms with E-state index in [2.05, 4.69) is 5.43 Å². The van der Waals surface area contributed by atoms with Gasteiger partial charge in [0.1, 0.15) is 0 Å². The molecule has 0 saturated carbocycles. The third-order valence-electron chi connectivity index (χ3n) is 3.25. The highest BCUT2D eigenvalue weighted by atomic mass is 32.2. The van der Waals surface area contributed by atoms with Crippen LogP contribution >= 0.6 is 35.3 Å². The monoisotopic (exact) mass is 392 g/mol. The zero-order chi connectivity index (χ0) is 18.0. The minimum Gasteiger partial charge on any atom is -0.504 e. The summed E-state index contributed by atoms with van der Waals surface area (Å²) in [5.74, 6) is -0.489. The smallest absolute Gasteiger partial charge is 0.285 e. The molecule has 128 valence electrons. The van der Waals surface area contributed by atoms with Crippen molar-refractivity contribution in [3.05, 3.63) is 51.1 Å². The van der Waals surface area contributed by atoms with Gasteiger partial charge in [0.05, 0.1) is 16.9 Å². The van der Waals surface area contributed by atoms with Crippen LogP contribution in [0, 0.1) is 0 Å². The van der Waals surface area contributed by atoms with Gasteiger partial charge in [0.25, 0.3) is 11.8 Å². The molecular formula is C16H12N2O4S3. The van der Waals surface area contributed by atoms with E-state index in [9.17, 15) is 14.7 Å². The van der Waals surface area contributed by atoms with E-state index in [-0.39, 0.29) is 16.0 Å². The number of rotatable bonds is 4. The second-order valence-electron chi connectivity index (χ2n) is 4.87. The van der Waals surface area contributed by atoms with Gasteiger partial charge in [-0.25, -0.2) is 0 Å². The third-order valence-corrected chi connectivity index (χ3v) is 5.42. The first-order valence-electron chi connectivity index (χ1n) is 6.99. The zero-order valence-corrected chi connectivity index (χ0v) is 15.3. The van der Waals surface area contributed by atoms with Crippen molar-refractivity contribution in [1.82, 2.24) is 10.4 Å². The van der Waals surface area contributed by atoms with Crippen molar-refractivity contribution in [3.8, 4) is 11.5 Å². The Bertz CT molecular complexity index is 878. The Labute approximate surface area is 157 Å². The van der Waals surface area contributed by atoms with Crippen LogP contribution in [0.15, 0.2) is 40.6 Å². The first-order chi connectivity index (χ1) is 12.0. The average molecular weight is 392 g/mol. The molecule has 6 nitrogen and oxygen atoms in total. The predicted molar refractivity (Wildman–Crippen MR) is 101 cm³/mol. The van der Waals surface area contributed by atoms with Crippen LogP contribution in [0.2, 0.25) is 0 Å². The van der Waals surface area contributed by atoms with E-state index in [1.165, 1.54) is 24.5 Å². The Kier molecular flexibility index (Phi) is 5.07. The molecule has 0 unspecified atom stereocenters. The lowest BCUT2D eigenvalue weighted by molar-refractivity contribution is -0.123. The zero-order valence-electron chi connectivity index (χ0n) is 12.9. The summed E-state index contributed by atoms with van der Waals surface area (Å²) in [5.41, 5.74) is 3.18. The molecule has 9 heteroatoms. The minimum absolute atomic E-state index is 0.00964. The largest absolute Gasteiger partial charge is 0.504 e. The van der Waals surface area contributed by atoms with Crippen LogP contribution in [-0.4, -0.2) is 33.4 Å². The average Bonchev–Trinajstić information content (AvgIpc) is 3.21. The van der Waals surface area contributed by atoms with E-state index in [4.69, 9.17) is 17.0 Å². The lowest BCUT2D eigenvalue weighted by Crippen LogP contribution is -2.44. The molecule has 3 rings (SSSR count). The molecule has 2 aromatic rings. The molecule has 0 aliphatic carbocycles. The molecule has 0 spiro atoms. The summed E-state index contributed by atoms with van der Waals surface area (Å²) in [6, 6.07) is 8.14. The maximum Gasteiger partial charge on any atom is 0.285 e. The molecule has 1 aromatic carbocycles. The fraction of sp³-hybridized carbons (Fsp3) is 0.0625. The predicted octanol–water partition coefficient (Wildman–Crippen LogP) is 3.01. The molecule has 2 N–H and O–H groups in total. The molecule has 1 aromatic heterocycles. The lowest BCUT2D eigenvalue weighted by Gasteiger charge is -2.14. The summed E-state index contributed by atoms with van der Waals surface area (Å²) >= 11 is 7.54. The van der Waals surface area contributed by atoms with Crippen LogP contribution < -0.4 is 10.2 Å². The molecule has 1 saturated heterocycles. The summed E-state index contributed by atoms with van der Waals surface area (Å²) in [4.78, 5) is 25.5. The number of phenolic OH excluding ortho intramolecular Hbond substituents is 1. The van der Waals surface area contributed by atoms with Crippen molar-refractivity contribution >= 4 is 57.5 Å². The van der Waals surface area contributed by atoms with Crippen LogP contribution in [0.4, 0.5) is 0 Å². The number of nitrogens with zero attached hydrogens (tertiary/aromatic N) is 1. The molecular weight excluding hydrogens is 380 g/mol. The number of thiophene rings is 1. The number of hydrazine groups is 1. The number of amides is 2. The Morgan fingerprint density at radius 3 is 2.88 bits per heavy atom. The summed E-state index contributed by atoms with van der Waals surface area (Å²) in [5, 5.41) is 12.5. The number of hydrogen-bond acceptors (Lipinski definition) is 7. The molecule has 2 heterocycles. The van der Waals surface area contributed by atoms with Crippen LogP contribution in [0.25, 0.3) is 6.08 Å². The molecule has 1 fully saturated rings. The van der Waals surface area contributed by atoms with Crippen molar-refractivity contribution in [1.29, 1.82) is 0 Å². The topological polar surface area (TPSA) is 78.9 Å². The second-order valence-corrected chi connectivity index (χ2v) is 7.49. The summed E-state index contributed by atoms with van der Waals surface area (Å²) < 4.78 is 5.29. The van der Waals surface area contributed by atoms with Crippen LogP contribution in [0.5, 0.6) is 11.5 Å². The van der Waals surface area contributed by atoms with Gasteiger partial charge in [-0.1, -0.05) is 23.9 Å². The van der Waals surface area contributed by atoms with E-state index in [1.807, 2.05) is 0 Å². The Hall–Kier alpha value is -2.36. The maximum atomic E-state index is 12.5. The van der Waals surface area contributed by atoms with Gasteiger partial charge in [-0.3, -0.25) is 15.0 Å². The Morgan fingerprint density at radius 2 is 2.20 bits per heavy atom. The van der Waals surface area contributed by atoms with Crippen LogP contribution in [-0.2, 0) is 4.79 Å². The summed E-state index contributed by atoms with van der Waals surface area (Å²) in [6.07, 6.45) is 1.62. The normalized spacial score (nSPS) is 15.7. The highest BCUT2D eigenvalue weighted by molar-refractivity contribution is 8.26. The maximum absolute atomic E-state index is 12.5.